The molecule has 0 aliphatic carbocycles. The Morgan fingerprint density at radius 3 is 2.33 bits per heavy atom. The molecule has 3 radical (unpaired) electrons. The molecule has 0 saturated carbocycles. The van der Waals surface area contributed by atoms with E-state index in [0.29, 0.717) is 6.42 Å². The van der Waals surface area contributed by atoms with Crippen molar-refractivity contribution in [1.29, 1.82) is 0 Å². The van der Waals surface area contributed by atoms with Gasteiger partial charge in [-0.15, -0.1) is 0 Å². The van der Waals surface area contributed by atoms with Crippen LogP contribution < -0.4 is 0 Å². The minimum Gasteiger partial charge on any atom is -0.481 e. The van der Waals surface area contributed by atoms with Gasteiger partial charge in [-0.05, 0) is 12.0 Å². The standard InChI is InChI=1S/C9H10O2.As/c10-9(11)7-6-8-4-2-1-3-5-8;/h1-5H,6-7H2,(H,10,11);. The molecule has 0 saturated heterocycles. The molecule has 0 aliphatic rings. The Bertz CT molecular complexity index is 234. The summed E-state index contributed by atoms with van der Waals surface area (Å²) >= 11 is 0. The van der Waals surface area contributed by atoms with Gasteiger partial charge >= 0.3 is 5.97 Å². The Morgan fingerprint density at radius 2 is 1.83 bits per heavy atom. The summed E-state index contributed by atoms with van der Waals surface area (Å²) in [5.74, 6) is -0.742. The van der Waals surface area contributed by atoms with Crippen LogP contribution in [-0.4, -0.2) is 29.0 Å². The molecule has 63 valence electrons. The maximum absolute atomic E-state index is 10.2. The zero-order valence-electron chi connectivity index (χ0n) is 6.60. The van der Waals surface area contributed by atoms with Crippen molar-refractivity contribution in [3.8, 4) is 0 Å². The summed E-state index contributed by atoms with van der Waals surface area (Å²) in [6.45, 7) is 0. The average molecular weight is 225 g/mol. The molecule has 0 aliphatic heterocycles. The monoisotopic (exact) mass is 225 g/mol. The number of carboxylic acid groups (broad SMARTS) is 1. The Kier molecular flexibility index (Phi) is 5.48. The van der Waals surface area contributed by atoms with Gasteiger partial charge in [-0.2, -0.15) is 0 Å². The molecular weight excluding hydrogens is 215 g/mol. The summed E-state index contributed by atoms with van der Waals surface area (Å²) in [5, 5.41) is 8.37. The molecule has 2 nitrogen and oxygen atoms in total. The van der Waals surface area contributed by atoms with Gasteiger partial charge in [0.05, 0.1) is 0 Å². The number of benzene rings is 1. The maximum Gasteiger partial charge on any atom is 0.303 e. The van der Waals surface area contributed by atoms with E-state index in [-0.39, 0.29) is 24.4 Å². The van der Waals surface area contributed by atoms with Crippen LogP contribution in [-0.2, 0) is 11.2 Å². The number of aryl methyl sites for hydroxylation is 1. The van der Waals surface area contributed by atoms with Gasteiger partial charge in [-0.1, -0.05) is 30.3 Å². The Morgan fingerprint density at radius 1 is 1.25 bits per heavy atom. The van der Waals surface area contributed by atoms with Gasteiger partial charge in [-0.3, -0.25) is 4.79 Å². The number of aliphatic carboxylic acids is 1. The van der Waals surface area contributed by atoms with Gasteiger partial charge in [0.1, 0.15) is 0 Å². The van der Waals surface area contributed by atoms with Crippen LogP contribution in [0.2, 0.25) is 0 Å². The molecule has 12 heavy (non-hydrogen) atoms. The SMILES string of the molecule is O=C(O)CCc1ccccc1.[As]. The number of hydrogen-bond donors (Lipinski definition) is 1. The van der Waals surface area contributed by atoms with Crippen molar-refractivity contribution in [2.75, 3.05) is 0 Å². The van der Waals surface area contributed by atoms with E-state index in [0.717, 1.165) is 5.56 Å². The summed E-state index contributed by atoms with van der Waals surface area (Å²) in [5.41, 5.74) is 1.08. The van der Waals surface area contributed by atoms with Crippen LogP contribution in [0, 0.1) is 0 Å². The second-order valence-corrected chi connectivity index (χ2v) is 2.38. The van der Waals surface area contributed by atoms with E-state index in [1.165, 1.54) is 0 Å². The third-order valence-electron chi connectivity index (χ3n) is 1.47. The molecule has 0 spiro atoms. The van der Waals surface area contributed by atoms with E-state index in [4.69, 9.17) is 5.11 Å². The van der Waals surface area contributed by atoms with Crippen LogP contribution in [0.5, 0.6) is 0 Å². The van der Waals surface area contributed by atoms with Gasteiger partial charge in [0.25, 0.3) is 0 Å². The van der Waals surface area contributed by atoms with Gasteiger partial charge in [0, 0.05) is 24.4 Å². The Hall–Kier alpha value is -0.752. The molecule has 0 heterocycles. The summed E-state index contributed by atoms with van der Waals surface area (Å²) in [6.07, 6.45) is 0.834. The molecule has 1 aromatic rings. The van der Waals surface area contributed by atoms with Crippen LogP contribution in [0.15, 0.2) is 30.3 Å². The first-order chi connectivity index (χ1) is 5.29. The fraction of sp³-hybridized carbons (Fsp3) is 0.222. The number of carboxylic acids is 1. The Labute approximate surface area is 82.9 Å². The van der Waals surface area contributed by atoms with E-state index in [9.17, 15) is 4.79 Å². The molecule has 0 amide bonds. The van der Waals surface area contributed by atoms with Crippen LogP contribution in [0.4, 0.5) is 0 Å². The minimum absolute atomic E-state index is 0. The second-order valence-electron chi connectivity index (χ2n) is 2.38. The van der Waals surface area contributed by atoms with Crippen molar-refractivity contribution in [2.24, 2.45) is 0 Å². The minimum atomic E-state index is -0.742. The third-order valence-corrected chi connectivity index (χ3v) is 1.47. The maximum atomic E-state index is 10.2. The molecule has 1 aromatic carbocycles. The van der Waals surface area contributed by atoms with Gasteiger partial charge in [-0.25, -0.2) is 0 Å². The zero-order chi connectivity index (χ0) is 8.10. The van der Waals surface area contributed by atoms with Crippen molar-refractivity contribution in [3.05, 3.63) is 35.9 Å². The normalized spacial score (nSPS) is 8.67. The van der Waals surface area contributed by atoms with Crippen LogP contribution >= 0.6 is 0 Å². The first-order valence-electron chi connectivity index (χ1n) is 3.55. The van der Waals surface area contributed by atoms with Gasteiger partial charge in [0.15, 0.2) is 0 Å². The average Bonchev–Trinajstić information content (AvgIpc) is 2.03. The van der Waals surface area contributed by atoms with E-state index in [1.807, 2.05) is 30.3 Å². The fourth-order valence-corrected chi connectivity index (χ4v) is 0.896. The predicted molar refractivity (Wildman–Crippen MR) is 48.2 cm³/mol. The molecule has 0 aromatic heterocycles. The van der Waals surface area contributed by atoms with Crippen molar-refractivity contribution < 1.29 is 9.90 Å². The smallest absolute Gasteiger partial charge is 0.303 e. The second kappa shape index (κ2) is 5.84. The molecule has 3 heteroatoms. The van der Waals surface area contributed by atoms with E-state index < -0.39 is 5.97 Å². The van der Waals surface area contributed by atoms with E-state index in [1.54, 1.807) is 0 Å². The first kappa shape index (κ1) is 11.2. The molecule has 0 fully saturated rings. The summed E-state index contributed by atoms with van der Waals surface area (Å²) < 4.78 is 0. The topological polar surface area (TPSA) is 37.3 Å². The van der Waals surface area contributed by atoms with Crippen molar-refractivity contribution >= 4 is 23.9 Å². The summed E-state index contributed by atoms with van der Waals surface area (Å²) in [7, 11) is 0. The van der Waals surface area contributed by atoms with Gasteiger partial charge in [0.2, 0.25) is 0 Å². The largest absolute Gasteiger partial charge is 0.481 e. The summed E-state index contributed by atoms with van der Waals surface area (Å²) in [4.78, 5) is 10.2. The van der Waals surface area contributed by atoms with E-state index in [2.05, 4.69) is 0 Å². The number of rotatable bonds is 3. The molecule has 1 N–H and O–H groups in total. The van der Waals surface area contributed by atoms with Gasteiger partial charge < -0.3 is 5.11 Å². The predicted octanol–water partition coefficient (Wildman–Crippen LogP) is 1.32. The van der Waals surface area contributed by atoms with Crippen LogP contribution in [0.25, 0.3) is 0 Å². The number of hydrogen-bond acceptors (Lipinski definition) is 1. The number of carbonyl (C=O) groups is 1. The van der Waals surface area contributed by atoms with Crippen LogP contribution in [0.1, 0.15) is 12.0 Å². The molecule has 0 unspecified atom stereocenters. The zero-order valence-corrected chi connectivity index (χ0v) is 8.48. The van der Waals surface area contributed by atoms with Crippen molar-refractivity contribution in [1.82, 2.24) is 0 Å². The molecular formula is C9H10AsO2. The molecule has 0 bridgehead atoms. The van der Waals surface area contributed by atoms with E-state index >= 15 is 0 Å². The third kappa shape index (κ3) is 4.19. The molecule has 1 rings (SSSR count). The van der Waals surface area contributed by atoms with Crippen LogP contribution in [0.3, 0.4) is 0 Å². The summed E-state index contributed by atoms with van der Waals surface area (Å²) in [6, 6.07) is 9.62. The fourth-order valence-electron chi connectivity index (χ4n) is 0.896. The van der Waals surface area contributed by atoms with Crippen molar-refractivity contribution in [2.45, 2.75) is 12.8 Å². The molecule has 0 atom stereocenters. The van der Waals surface area contributed by atoms with Crippen molar-refractivity contribution in [3.63, 3.8) is 0 Å². The first-order valence-corrected chi connectivity index (χ1v) is 3.55. The Balaban J connectivity index is 0.00000121. The quantitative estimate of drug-likeness (QED) is 0.788.